The summed E-state index contributed by atoms with van der Waals surface area (Å²) >= 11 is 0. The quantitative estimate of drug-likeness (QED) is 0.606. The first-order chi connectivity index (χ1) is 7.14. The van der Waals surface area contributed by atoms with E-state index in [-0.39, 0.29) is 6.61 Å². The molecular weight excluding hydrogens is 188 g/mol. The van der Waals surface area contributed by atoms with Crippen molar-refractivity contribution in [2.24, 2.45) is 5.92 Å². The molecule has 2 N–H and O–H groups in total. The highest BCUT2D eigenvalue weighted by atomic mass is 16.3. The minimum absolute atomic E-state index is 0.182. The van der Waals surface area contributed by atoms with Crippen LogP contribution in [-0.2, 0) is 0 Å². The Labute approximate surface area is 93.5 Å². The molecule has 3 nitrogen and oxygen atoms in total. The molecule has 3 heteroatoms. The van der Waals surface area contributed by atoms with Crippen LogP contribution in [0.1, 0.15) is 46.5 Å². The lowest BCUT2D eigenvalue weighted by molar-refractivity contribution is 0.265. The highest BCUT2D eigenvalue weighted by Crippen LogP contribution is 2.22. The summed E-state index contributed by atoms with van der Waals surface area (Å²) in [5.74, 6) is 0.561. The fraction of sp³-hybridized carbons (Fsp3) is 0.917. The SMILES string of the molecule is CCC(C)CC(C#N)(CC)NCCCO. The van der Waals surface area contributed by atoms with Gasteiger partial charge in [-0.2, -0.15) is 5.26 Å². The van der Waals surface area contributed by atoms with Crippen molar-refractivity contribution in [1.82, 2.24) is 5.32 Å². The maximum atomic E-state index is 9.25. The first-order valence-electron chi connectivity index (χ1n) is 5.91. The molecule has 0 aliphatic rings. The number of nitriles is 1. The number of nitrogens with one attached hydrogen (secondary N) is 1. The molecule has 0 saturated heterocycles. The van der Waals surface area contributed by atoms with Gasteiger partial charge in [0.2, 0.25) is 0 Å². The van der Waals surface area contributed by atoms with E-state index >= 15 is 0 Å². The lowest BCUT2D eigenvalue weighted by atomic mass is 9.86. The van der Waals surface area contributed by atoms with Gasteiger partial charge in [0.25, 0.3) is 0 Å². The number of aliphatic hydroxyl groups excluding tert-OH is 1. The molecule has 0 saturated carbocycles. The second kappa shape index (κ2) is 7.67. The topological polar surface area (TPSA) is 56.0 Å². The maximum Gasteiger partial charge on any atom is 0.106 e. The Bertz CT molecular complexity index is 200. The summed E-state index contributed by atoms with van der Waals surface area (Å²) in [6.45, 7) is 7.26. The minimum atomic E-state index is -0.398. The van der Waals surface area contributed by atoms with Crippen LogP contribution in [0.3, 0.4) is 0 Å². The first-order valence-corrected chi connectivity index (χ1v) is 5.91. The molecule has 0 rings (SSSR count). The highest BCUT2D eigenvalue weighted by molar-refractivity contribution is 5.06. The fourth-order valence-electron chi connectivity index (χ4n) is 1.65. The predicted molar refractivity (Wildman–Crippen MR) is 62.4 cm³/mol. The molecule has 0 fully saturated rings. The van der Waals surface area contributed by atoms with Gasteiger partial charge in [-0.15, -0.1) is 0 Å². The Balaban J connectivity index is 4.25. The van der Waals surface area contributed by atoms with Crippen molar-refractivity contribution in [2.75, 3.05) is 13.2 Å². The molecule has 88 valence electrons. The Hall–Kier alpha value is -0.590. The van der Waals surface area contributed by atoms with E-state index in [4.69, 9.17) is 5.11 Å². The molecule has 0 aliphatic heterocycles. The van der Waals surface area contributed by atoms with Crippen LogP contribution in [0, 0.1) is 17.2 Å². The molecule has 0 aromatic heterocycles. The van der Waals surface area contributed by atoms with E-state index in [9.17, 15) is 5.26 Å². The van der Waals surface area contributed by atoms with Gasteiger partial charge in [0.05, 0.1) is 6.07 Å². The van der Waals surface area contributed by atoms with Crippen LogP contribution in [-0.4, -0.2) is 23.8 Å². The molecule has 15 heavy (non-hydrogen) atoms. The summed E-state index contributed by atoms with van der Waals surface area (Å²) in [7, 11) is 0. The van der Waals surface area contributed by atoms with Crippen molar-refractivity contribution in [2.45, 2.75) is 52.0 Å². The first kappa shape index (κ1) is 14.4. The van der Waals surface area contributed by atoms with Crippen LogP contribution in [0.4, 0.5) is 0 Å². The third kappa shape index (κ3) is 5.15. The molecule has 0 aromatic rings. The number of nitrogens with zero attached hydrogens (tertiary/aromatic N) is 1. The standard InChI is InChI=1S/C12H24N2O/c1-4-11(3)9-12(5-2,10-13)14-7-6-8-15/h11,14-15H,4-9H2,1-3H3. The van der Waals surface area contributed by atoms with E-state index < -0.39 is 5.54 Å². The molecule has 0 aliphatic carbocycles. The number of aliphatic hydroxyl groups is 1. The number of hydrogen-bond acceptors (Lipinski definition) is 3. The van der Waals surface area contributed by atoms with Gasteiger partial charge >= 0.3 is 0 Å². The van der Waals surface area contributed by atoms with Crippen molar-refractivity contribution >= 4 is 0 Å². The van der Waals surface area contributed by atoms with Gasteiger partial charge in [-0.25, -0.2) is 0 Å². The molecule has 0 heterocycles. The van der Waals surface area contributed by atoms with Crippen LogP contribution < -0.4 is 5.32 Å². The third-order valence-electron chi connectivity index (χ3n) is 3.01. The second-order valence-electron chi connectivity index (χ2n) is 4.27. The van der Waals surface area contributed by atoms with Crippen molar-refractivity contribution < 1.29 is 5.11 Å². The zero-order valence-corrected chi connectivity index (χ0v) is 10.2. The molecule has 0 radical (unpaired) electrons. The zero-order chi connectivity index (χ0) is 11.7. The van der Waals surface area contributed by atoms with Gasteiger partial charge in [-0.3, -0.25) is 5.32 Å². The van der Waals surface area contributed by atoms with E-state index in [2.05, 4.69) is 25.2 Å². The smallest absolute Gasteiger partial charge is 0.106 e. The van der Waals surface area contributed by atoms with E-state index in [0.717, 1.165) is 19.3 Å². The number of hydrogen-bond donors (Lipinski definition) is 2. The van der Waals surface area contributed by atoms with Crippen LogP contribution in [0.5, 0.6) is 0 Å². The van der Waals surface area contributed by atoms with Crippen molar-refractivity contribution in [3.63, 3.8) is 0 Å². The van der Waals surface area contributed by atoms with Crippen LogP contribution in [0.15, 0.2) is 0 Å². The minimum Gasteiger partial charge on any atom is -0.396 e. The molecular formula is C12H24N2O. The summed E-state index contributed by atoms with van der Waals surface area (Å²) < 4.78 is 0. The lowest BCUT2D eigenvalue weighted by Crippen LogP contribution is -2.45. The maximum absolute atomic E-state index is 9.25. The van der Waals surface area contributed by atoms with E-state index in [1.807, 2.05) is 6.92 Å². The Kier molecular flexibility index (Phi) is 7.37. The zero-order valence-electron chi connectivity index (χ0n) is 10.2. The average Bonchev–Trinajstić information content (AvgIpc) is 2.27. The van der Waals surface area contributed by atoms with Gasteiger partial charge in [0.15, 0.2) is 0 Å². The summed E-state index contributed by atoms with van der Waals surface area (Å²) in [5.41, 5.74) is -0.398. The van der Waals surface area contributed by atoms with Crippen LogP contribution >= 0.6 is 0 Å². The lowest BCUT2D eigenvalue weighted by Gasteiger charge is -2.29. The monoisotopic (exact) mass is 212 g/mol. The van der Waals surface area contributed by atoms with Crippen molar-refractivity contribution in [3.05, 3.63) is 0 Å². The van der Waals surface area contributed by atoms with Gasteiger partial charge in [0, 0.05) is 6.61 Å². The van der Waals surface area contributed by atoms with E-state index in [1.54, 1.807) is 0 Å². The normalized spacial score (nSPS) is 16.7. The van der Waals surface area contributed by atoms with Crippen molar-refractivity contribution in [3.8, 4) is 6.07 Å². The number of rotatable bonds is 8. The summed E-state index contributed by atoms with van der Waals surface area (Å²) in [6.07, 6.45) is 3.52. The average molecular weight is 212 g/mol. The Morgan fingerprint density at radius 3 is 2.53 bits per heavy atom. The summed E-state index contributed by atoms with van der Waals surface area (Å²) in [5, 5.41) is 21.2. The van der Waals surface area contributed by atoms with Crippen LogP contribution in [0.25, 0.3) is 0 Å². The Morgan fingerprint density at radius 2 is 2.13 bits per heavy atom. The summed E-state index contributed by atoms with van der Waals surface area (Å²) in [6, 6.07) is 2.40. The molecule has 0 spiro atoms. The van der Waals surface area contributed by atoms with Gasteiger partial charge in [0.1, 0.15) is 5.54 Å². The van der Waals surface area contributed by atoms with E-state index in [1.165, 1.54) is 0 Å². The predicted octanol–water partition coefficient (Wildman–Crippen LogP) is 2.07. The molecule has 2 atom stereocenters. The third-order valence-corrected chi connectivity index (χ3v) is 3.01. The summed E-state index contributed by atoms with van der Waals surface area (Å²) in [4.78, 5) is 0. The highest BCUT2D eigenvalue weighted by Gasteiger charge is 2.28. The van der Waals surface area contributed by atoms with Gasteiger partial charge in [-0.05, 0) is 31.7 Å². The van der Waals surface area contributed by atoms with Crippen molar-refractivity contribution in [1.29, 1.82) is 5.26 Å². The van der Waals surface area contributed by atoms with Gasteiger partial charge in [-0.1, -0.05) is 27.2 Å². The molecule has 2 unspecified atom stereocenters. The van der Waals surface area contributed by atoms with E-state index in [0.29, 0.717) is 18.9 Å². The van der Waals surface area contributed by atoms with Gasteiger partial charge < -0.3 is 5.11 Å². The fourth-order valence-corrected chi connectivity index (χ4v) is 1.65. The Morgan fingerprint density at radius 1 is 1.47 bits per heavy atom. The molecule has 0 amide bonds. The molecule has 0 aromatic carbocycles. The molecule has 0 bridgehead atoms. The second-order valence-corrected chi connectivity index (χ2v) is 4.27. The largest absolute Gasteiger partial charge is 0.396 e. The van der Waals surface area contributed by atoms with Crippen LogP contribution in [0.2, 0.25) is 0 Å².